The number of thioether (sulfide) groups is 1. The number of aliphatic hydroxyl groups excluding tert-OH is 1. The molecule has 1 saturated heterocycles. The molecule has 0 radical (unpaired) electrons. The standard InChI is InChI=1S/C14H20O3S/c1-11-3-4-13(16-2)12(5-11)6-18-10-14(7-15)8-17-9-14/h3-5,15H,6-10H2,1-2H3. The van der Waals surface area contributed by atoms with E-state index < -0.39 is 0 Å². The average molecular weight is 268 g/mol. The number of benzene rings is 1. The molecule has 1 fully saturated rings. The summed E-state index contributed by atoms with van der Waals surface area (Å²) in [6, 6.07) is 6.23. The molecule has 100 valence electrons. The summed E-state index contributed by atoms with van der Waals surface area (Å²) in [5, 5.41) is 9.36. The second-order valence-corrected chi connectivity index (χ2v) is 5.94. The molecule has 0 amide bonds. The maximum Gasteiger partial charge on any atom is 0.122 e. The van der Waals surface area contributed by atoms with Crippen LogP contribution in [0.15, 0.2) is 18.2 Å². The van der Waals surface area contributed by atoms with Gasteiger partial charge in [-0.2, -0.15) is 11.8 Å². The van der Waals surface area contributed by atoms with Gasteiger partial charge in [-0.3, -0.25) is 0 Å². The molecule has 3 nitrogen and oxygen atoms in total. The normalized spacial score (nSPS) is 17.3. The highest BCUT2D eigenvalue weighted by Crippen LogP contribution is 2.33. The van der Waals surface area contributed by atoms with Gasteiger partial charge in [-0.05, 0) is 13.0 Å². The first-order chi connectivity index (χ1) is 8.69. The van der Waals surface area contributed by atoms with E-state index in [0.29, 0.717) is 13.2 Å². The van der Waals surface area contributed by atoms with Gasteiger partial charge in [0, 0.05) is 22.5 Å². The third kappa shape index (κ3) is 2.99. The van der Waals surface area contributed by atoms with Gasteiger partial charge in [-0.25, -0.2) is 0 Å². The summed E-state index contributed by atoms with van der Waals surface area (Å²) in [6.45, 7) is 3.66. The molecule has 2 rings (SSSR count). The van der Waals surface area contributed by atoms with Crippen molar-refractivity contribution in [1.82, 2.24) is 0 Å². The van der Waals surface area contributed by atoms with E-state index in [1.54, 1.807) is 7.11 Å². The Morgan fingerprint density at radius 2 is 2.22 bits per heavy atom. The maximum absolute atomic E-state index is 9.36. The topological polar surface area (TPSA) is 38.7 Å². The fourth-order valence-corrected chi connectivity index (χ4v) is 3.25. The summed E-state index contributed by atoms with van der Waals surface area (Å²) in [5.74, 6) is 2.78. The van der Waals surface area contributed by atoms with Crippen LogP contribution in [0.2, 0.25) is 0 Å². The van der Waals surface area contributed by atoms with Crippen LogP contribution < -0.4 is 4.74 Å². The van der Waals surface area contributed by atoms with Gasteiger partial charge in [0.15, 0.2) is 0 Å². The van der Waals surface area contributed by atoms with Crippen LogP contribution in [0.5, 0.6) is 5.75 Å². The molecule has 1 aliphatic heterocycles. The Morgan fingerprint density at radius 3 is 2.78 bits per heavy atom. The van der Waals surface area contributed by atoms with Gasteiger partial charge in [0.2, 0.25) is 0 Å². The van der Waals surface area contributed by atoms with Crippen LogP contribution in [0.4, 0.5) is 0 Å². The summed E-state index contributed by atoms with van der Waals surface area (Å²) in [4.78, 5) is 0. The van der Waals surface area contributed by atoms with Crippen LogP contribution in [0.3, 0.4) is 0 Å². The number of methoxy groups -OCH3 is 1. The first-order valence-electron chi connectivity index (χ1n) is 6.09. The molecular weight excluding hydrogens is 248 g/mol. The highest BCUT2D eigenvalue weighted by molar-refractivity contribution is 7.98. The molecule has 1 heterocycles. The van der Waals surface area contributed by atoms with Gasteiger partial charge in [-0.1, -0.05) is 17.7 Å². The number of hydrogen-bond donors (Lipinski definition) is 1. The summed E-state index contributed by atoms with van der Waals surface area (Å²) in [5.41, 5.74) is 2.45. The second-order valence-electron chi connectivity index (χ2n) is 4.96. The Bertz CT molecular complexity index is 397. The fraction of sp³-hybridized carbons (Fsp3) is 0.571. The van der Waals surface area contributed by atoms with Gasteiger partial charge in [0.25, 0.3) is 0 Å². The summed E-state index contributed by atoms with van der Waals surface area (Å²) in [7, 11) is 1.70. The first-order valence-corrected chi connectivity index (χ1v) is 7.24. The first kappa shape index (κ1) is 13.7. The monoisotopic (exact) mass is 268 g/mol. The van der Waals surface area contributed by atoms with Gasteiger partial charge in [-0.15, -0.1) is 0 Å². The van der Waals surface area contributed by atoms with E-state index in [-0.39, 0.29) is 12.0 Å². The molecule has 0 atom stereocenters. The van der Waals surface area contributed by atoms with Gasteiger partial charge in [0.05, 0.1) is 26.9 Å². The van der Waals surface area contributed by atoms with Gasteiger partial charge >= 0.3 is 0 Å². The zero-order chi connectivity index (χ0) is 13.0. The van der Waals surface area contributed by atoms with Gasteiger partial charge < -0.3 is 14.6 Å². The van der Waals surface area contributed by atoms with E-state index in [1.165, 1.54) is 11.1 Å². The van der Waals surface area contributed by atoms with Crippen molar-refractivity contribution in [3.05, 3.63) is 29.3 Å². The highest BCUT2D eigenvalue weighted by atomic mass is 32.2. The molecule has 1 aromatic rings. The number of aliphatic hydroxyl groups is 1. The Hall–Kier alpha value is -0.710. The van der Waals surface area contributed by atoms with Crippen LogP contribution in [-0.4, -0.2) is 37.8 Å². The Morgan fingerprint density at radius 1 is 1.44 bits per heavy atom. The minimum absolute atomic E-state index is 0.0122. The van der Waals surface area contributed by atoms with E-state index in [2.05, 4.69) is 19.1 Å². The third-order valence-electron chi connectivity index (χ3n) is 3.25. The SMILES string of the molecule is COc1ccc(C)cc1CSCC1(CO)COC1. The minimum atomic E-state index is -0.0122. The molecule has 1 aromatic carbocycles. The van der Waals surface area contributed by atoms with Gasteiger partial charge in [0.1, 0.15) is 5.75 Å². The summed E-state index contributed by atoms with van der Waals surface area (Å²) < 4.78 is 10.6. The summed E-state index contributed by atoms with van der Waals surface area (Å²) in [6.07, 6.45) is 0. The molecule has 0 unspecified atom stereocenters. The van der Waals surface area contributed by atoms with E-state index in [1.807, 2.05) is 17.8 Å². The zero-order valence-electron chi connectivity index (χ0n) is 10.9. The van der Waals surface area contributed by atoms with Crippen molar-refractivity contribution in [3.63, 3.8) is 0 Å². The number of aryl methyl sites for hydroxylation is 1. The van der Waals surface area contributed by atoms with Crippen molar-refractivity contribution in [2.75, 3.05) is 32.7 Å². The summed E-state index contributed by atoms with van der Waals surface area (Å²) >= 11 is 1.83. The van der Waals surface area contributed by atoms with Crippen LogP contribution in [0.25, 0.3) is 0 Å². The molecule has 0 bridgehead atoms. The third-order valence-corrected chi connectivity index (χ3v) is 4.59. The molecule has 0 aromatic heterocycles. The largest absolute Gasteiger partial charge is 0.496 e. The quantitative estimate of drug-likeness (QED) is 0.859. The van der Waals surface area contributed by atoms with Crippen molar-refractivity contribution in [2.24, 2.45) is 5.41 Å². The van der Waals surface area contributed by atoms with E-state index in [9.17, 15) is 5.11 Å². The van der Waals surface area contributed by atoms with Crippen molar-refractivity contribution in [3.8, 4) is 5.75 Å². The smallest absolute Gasteiger partial charge is 0.122 e. The molecule has 0 saturated carbocycles. The molecule has 4 heteroatoms. The van der Waals surface area contributed by atoms with Crippen LogP contribution >= 0.6 is 11.8 Å². The van der Waals surface area contributed by atoms with E-state index in [0.717, 1.165) is 17.3 Å². The van der Waals surface area contributed by atoms with Crippen molar-refractivity contribution in [2.45, 2.75) is 12.7 Å². The second kappa shape index (κ2) is 5.95. The molecule has 0 aliphatic carbocycles. The predicted molar refractivity (Wildman–Crippen MR) is 74.2 cm³/mol. The van der Waals surface area contributed by atoms with Crippen LogP contribution in [0, 0.1) is 12.3 Å². The lowest BCUT2D eigenvalue weighted by atomic mass is 9.90. The molecular formula is C14H20O3S. The number of rotatable bonds is 6. The fourth-order valence-electron chi connectivity index (χ4n) is 2.01. The lowest BCUT2D eigenvalue weighted by molar-refractivity contribution is -0.121. The predicted octanol–water partition coefficient (Wildman–Crippen LogP) is 2.25. The maximum atomic E-state index is 9.36. The molecule has 18 heavy (non-hydrogen) atoms. The number of hydrogen-bond acceptors (Lipinski definition) is 4. The Labute approximate surface area is 112 Å². The van der Waals surface area contributed by atoms with E-state index >= 15 is 0 Å². The zero-order valence-corrected chi connectivity index (χ0v) is 11.8. The van der Waals surface area contributed by atoms with Crippen molar-refractivity contribution < 1.29 is 14.6 Å². The van der Waals surface area contributed by atoms with Crippen molar-refractivity contribution >= 4 is 11.8 Å². The Kier molecular flexibility index (Phi) is 4.54. The molecule has 0 spiro atoms. The highest BCUT2D eigenvalue weighted by Gasteiger charge is 2.37. The van der Waals surface area contributed by atoms with Crippen LogP contribution in [-0.2, 0) is 10.5 Å². The lowest BCUT2D eigenvalue weighted by Gasteiger charge is -2.39. The minimum Gasteiger partial charge on any atom is -0.496 e. The van der Waals surface area contributed by atoms with Crippen LogP contribution in [0.1, 0.15) is 11.1 Å². The lowest BCUT2D eigenvalue weighted by Crippen LogP contribution is -2.47. The van der Waals surface area contributed by atoms with Crippen molar-refractivity contribution in [1.29, 1.82) is 0 Å². The molecule has 1 N–H and O–H groups in total. The van der Waals surface area contributed by atoms with E-state index in [4.69, 9.17) is 9.47 Å². The number of ether oxygens (including phenoxy) is 2. The molecule has 1 aliphatic rings. The Balaban J connectivity index is 1.91. The average Bonchev–Trinajstić information content (AvgIpc) is 2.33.